The molecule has 0 atom stereocenters. The third-order valence-corrected chi connectivity index (χ3v) is 2.25. The van der Waals surface area contributed by atoms with Crippen LogP contribution in [-0.2, 0) is 4.74 Å². The van der Waals surface area contributed by atoms with Crippen LogP contribution in [-0.4, -0.2) is 16.9 Å². The molecule has 0 aromatic rings. The zero-order valence-electron chi connectivity index (χ0n) is 8.26. The highest BCUT2D eigenvalue weighted by Gasteiger charge is 2.36. The molecule has 12 heavy (non-hydrogen) atoms. The molecule has 4 nitrogen and oxygen atoms in total. The third-order valence-electron chi connectivity index (χ3n) is 2.25. The quantitative estimate of drug-likeness (QED) is 0.473. The number of nitrogens with one attached hydrogen (secondary N) is 1. The van der Waals surface area contributed by atoms with E-state index in [-0.39, 0.29) is 5.41 Å². The van der Waals surface area contributed by atoms with Crippen molar-refractivity contribution in [3.8, 4) is 0 Å². The maximum atomic E-state index is 10.7. The molecule has 2 N–H and O–H groups in total. The number of hydrogen-bond donors (Lipinski definition) is 2. The largest absolute Gasteiger partial charge is 0.441 e. The minimum absolute atomic E-state index is 0.167. The molecule has 4 heteroatoms. The second kappa shape index (κ2) is 3.31. The molecule has 0 aromatic carbocycles. The van der Waals surface area contributed by atoms with Crippen LogP contribution in [0.4, 0.5) is 4.79 Å². The lowest BCUT2D eigenvalue weighted by atomic mass is 9.79. The van der Waals surface area contributed by atoms with E-state index in [1.54, 1.807) is 13.8 Å². The highest BCUT2D eigenvalue weighted by atomic mass is 16.6. The van der Waals surface area contributed by atoms with Gasteiger partial charge < -0.3 is 4.74 Å². The first-order valence-electron chi connectivity index (χ1n) is 3.84. The first-order valence-corrected chi connectivity index (χ1v) is 3.84. The van der Waals surface area contributed by atoms with Gasteiger partial charge >= 0.3 is 6.09 Å². The van der Waals surface area contributed by atoms with E-state index in [1.165, 1.54) is 5.48 Å². The zero-order valence-corrected chi connectivity index (χ0v) is 8.26. The van der Waals surface area contributed by atoms with Crippen LogP contribution in [0.5, 0.6) is 0 Å². The summed E-state index contributed by atoms with van der Waals surface area (Å²) in [7, 11) is 0. The second-order valence-corrected chi connectivity index (χ2v) is 4.26. The predicted octanol–water partition coefficient (Wildman–Crippen LogP) is 1.93. The molecule has 0 radical (unpaired) electrons. The first-order chi connectivity index (χ1) is 5.20. The van der Waals surface area contributed by atoms with Gasteiger partial charge in [0.2, 0.25) is 0 Å². The van der Waals surface area contributed by atoms with Gasteiger partial charge in [0, 0.05) is 5.41 Å². The highest BCUT2D eigenvalue weighted by molar-refractivity contribution is 5.66. The monoisotopic (exact) mass is 175 g/mol. The minimum Gasteiger partial charge on any atom is -0.441 e. The lowest BCUT2D eigenvalue weighted by Gasteiger charge is -2.37. The molecule has 0 saturated heterocycles. The van der Waals surface area contributed by atoms with E-state index in [1.807, 2.05) is 20.8 Å². The molecule has 0 saturated carbocycles. The van der Waals surface area contributed by atoms with Crippen LogP contribution < -0.4 is 5.48 Å². The summed E-state index contributed by atoms with van der Waals surface area (Å²) in [5, 5.41) is 8.24. The summed E-state index contributed by atoms with van der Waals surface area (Å²) in [4.78, 5) is 10.7. The van der Waals surface area contributed by atoms with Gasteiger partial charge in [-0.15, -0.1) is 0 Å². The number of amides is 1. The van der Waals surface area contributed by atoms with Crippen molar-refractivity contribution in [3.05, 3.63) is 0 Å². The van der Waals surface area contributed by atoms with Crippen molar-refractivity contribution < 1.29 is 14.7 Å². The minimum atomic E-state index is -0.824. The van der Waals surface area contributed by atoms with E-state index in [9.17, 15) is 4.79 Å². The Morgan fingerprint density at radius 3 is 1.92 bits per heavy atom. The fourth-order valence-corrected chi connectivity index (χ4v) is 0.408. The van der Waals surface area contributed by atoms with Crippen molar-refractivity contribution in [3.63, 3.8) is 0 Å². The maximum absolute atomic E-state index is 10.7. The maximum Gasteiger partial charge on any atom is 0.431 e. The molecule has 0 fully saturated rings. The number of ether oxygens (including phenoxy) is 1. The lowest BCUT2D eigenvalue weighted by molar-refractivity contribution is -0.0522. The molecular formula is C8H17NO3. The van der Waals surface area contributed by atoms with Crippen LogP contribution in [0.2, 0.25) is 0 Å². The molecule has 1 amide bonds. The SMILES string of the molecule is CC(C)(C)C(C)(C)OC(=O)NO. The van der Waals surface area contributed by atoms with Gasteiger partial charge in [0.1, 0.15) is 5.60 Å². The van der Waals surface area contributed by atoms with E-state index < -0.39 is 11.7 Å². The summed E-state index contributed by atoms with van der Waals surface area (Å²) in [6.45, 7) is 9.46. The number of hydrogen-bond acceptors (Lipinski definition) is 3. The van der Waals surface area contributed by atoms with Crippen LogP contribution in [0.1, 0.15) is 34.6 Å². The van der Waals surface area contributed by atoms with Gasteiger partial charge in [-0.1, -0.05) is 20.8 Å². The molecule has 0 rings (SSSR count). The molecule has 0 aliphatic carbocycles. The Morgan fingerprint density at radius 2 is 1.67 bits per heavy atom. The van der Waals surface area contributed by atoms with Crippen LogP contribution in [0.15, 0.2) is 0 Å². The van der Waals surface area contributed by atoms with Crippen molar-refractivity contribution in [2.45, 2.75) is 40.2 Å². The topological polar surface area (TPSA) is 58.6 Å². The molecule has 0 aliphatic heterocycles. The van der Waals surface area contributed by atoms with Crippen LogP contribution in [0.25, 0.3) is 0 Å². The molecule has 0 heterocycles. The molecule has 0 unspecified atom stereocenters. The van der Waals surface area contributed by atoms with E-state index in [4.69, 9.17) is 9.94 Å². The van der Waals surface area contributed by atoms with E-state index in [0.29, 0.717) is 0 Å². The van der Waals surface area contributed by atoms with Gasteiger partial charge in [-0.3, -0.25) is 5.21 Å². The van der Waals surface area contributed by atoms with E-state index in [2.05, 4.69) is 0 Å². The van der Waals surface area contributed by atoms with Crippen LogP contribution in [0.3, 0.4) is 0 Å². The zero-order chi connectivity index (χ0) is 9.99. The smallest absolute Gasteiger partial charge is 0.431 e. The Kier molecular flexibility index (Phi) is 3.10. The molecule has 72 valence electrons. The van der Waals surface area contributed by atoms with Gasteiger partial charge in [0.05, 0.1) is 0 Å². The fourth-order valence-electron chi connectivity index (χ4n) is 0.408. The fraction of sp³-hybridized carbons (Fsp3) is 0.875. The molecule has 0 aliphatic rings. The number of carbonyl (C=O) groups is 1. The van der Waals surface area contributed by atoms with Gasteiger partial charge in [-0.25, -0.2) is 10.3 Å². The summed E-state index contributed by atoms with van der Waals surface area (Å²) in [5.41, 5.74) is 0.654. The summed E-state index contributed by atoms with van der Waals surface area (Å²) < 4.78 is 4.95. The van der Waals surface area contributed by atoms with Gasteiger partial charge in [0.25, 0.3) is 0 Å². The van der Waals surface area contributed by atoms with Crippen LogP contribution in [0, 0.1) is 5.41 Å². The third kappa shape index (κ3) is 2.70. The number of hydroxylamine groups is 1. The Balaban J connectivity index is 4.33. The average molecular weight is 175 g/mol. The van der Waals surface area contributed by atoms with E-state index in [0.717, 1.165) is 0 Å². The summed E-state index contributed by atoms with van der Waals surface area (Å²) in [5.74, 6) is 0. The van der Waals surface area contributed by atoms with Gasteiger partial charge in [-0.2, -0.15) is 0 Å². The molecule has 0 bridgehead atoms. The lowest BCUT2D eigenvalue weighted by Crippen LogP contribution is -2.43. The molecular weight excluding hydrogens is 158 g/mol. The first kappa shape index (κ1) is 11.2. The Hall–Kier alpha value is -0.770. The number of rotatable bonds is 1. The summed E-state index contributed by atoms with van der Waals surface area (Å²) >= 11 is 0. The average Bonchev–Trinajstić information content (AvgIpc) is 1.84. The normalized spacial score (nSPS) is 12.5. The molecule has 0 spiro atoms. The highest BCUT2D eigenvalue weighted by Crippen LogP contribution is 2.32. The van der Waals surface area contributed by atoms with Gasteiger partial charge in [0.15, 0.2) is 0 Å². The molecule has 0 aromatic heterocycles. The Labute approximate surface area is 72.9 Å². The van der Waals surface area contributed by atoms with Crippen molar-refractivity contribution >= 4 is 6.09 Å². The summed E-state index contributed by atoms with van der Waals surface area (Å²) in [6, 6.07) is 0. The Bertz CT molecular complexity index is 170. The van der Waals surface area contributed by atoms with Crippen molar-refractivity contribution in [1.82, 2.24) is 5.48 Å². The summed E-state index contributed by atoms with van der Waals surface area (Å²) in [6.07, 6.45) is -0.824. The van der Waals surface area contributed by atoms with E-state index >= 15 is 0 Å². The standard InChI is InChI=1S/C8H17NO3/c1-7(2,3)8(4,5)12-6(10)9-11/h11H,1-5H3,(H,9,10). The van der Waals surface area contributed by atoms with Gasteiger partial charge in [-0.05, 0) is 13.8 Å². The number of carbonyl (C=O) groups excluding carboxylic acids is 1. The van der Waals surface area contributed by atoms with Crippen molar-refractivity contribution in [2.24, 2.45) is 5.41 Å². The predicted molar refractivity (Wildman–Crippen MR) is 44.9 cm³/mol. The second-order valence-electron chi connectivity index (χ2n) is 4.26. The Morgan fingerprint density at radius 1 is 1.25 bits per heavy atom. The van der Waals surface area contributed by atoms with Crippen molar-refractivity contribution in [1.29, 1.82) is 0 Å². The van der Waals surface area contributed by atoms with Crippen molar-refractivity contribution in [2.75, 3.05) is 0 Å². The van der Waals surface area contributed by atoms with Crippen LogP contribution >= 0.6 is 0 Å².